The lowest BCUT2D eigenvalue weighted by Crippen LogP contribution is -2.16. The highest BCUT2D eigenvalue weighted by Gasteiger charge is 2.19. The fraction of sp³-hybridized carbons (Fsp3) is 0.278. The maximum Gasteiger partial charge on any atom is 0.293 e. The molecule has 24 heavy (non-hydrogen) atoms. The van der Waals surface area contributed by atoms with Gasteiger partial charge in [-0.05, 0) is 50.5 Å². The largest absolute Gasteiger partial charge is 0.319 e. The molecular weight excluding hydrogens is 324 g/mol. The SMILES string of the molecule is Cc1ccc(C)c(SCC(=O)Nc2c([N+](=O)[O-])ccc(C)c2C)c1. The summed E-state index contributed by atoms with van der Waals surface area (Å²) in [5.41, 5.74) is 4.06. The van der Waals surface area contributed by atoms with E-state index in [1.54, 1.807) is 13.0 Å². The second-order valence-corrected chi connectivity index (χ2v) is 6.78. The molecule has 0 atom stereocenters. The minimum atomic E-state index is -0.472. The Bertz CT molecular complexity index is 803. The highest BCUT2D eigenvalue weighted by Crippen LogP contribution is 2.31. The van der Waals surface area contributed by atoms with E-state index in [1.807, 2.05) is 39.0 Å². The summed E-state index contributed by atoms with van der Waals surface area (Å²) in [6, 6.07) is 9.20. The van der Waals surface area contributed by atoms with Crippen LogP contribution in [-0.2, 0) is 4.79 Å². The van der Waals surface area contributed by atoms with Crippen molar-refractivity contribution in [2.24, 2.45) is 0 Å². The van der Waals surface area contributed by atoms with Crippen LogP contribution in [0, 0.1) is 37.8 Å². The lowest BCUT2D eigenvalue weighted by molar-refractivity contribution is -0.384. The van der Waals surface area contributed by atoms with Gasteiger partial charge in [0.15, 0.2) is 0 Å². The maximum atomic E-state index is 12.3. The van der Waals surface area contributed by atoms with Crippen molar-refractivity contribution in [2.75, 3.05) is 11.1 Å². The molecule has 0 saturated carbocycles. The number of nitrogens with zero attached hydrogens (tertiary/aromatic N) is 1. The molecule has 0 fully saturated rings. The Hall–Kier alpha value is -2.34. The van der Waals surface area contributed by atoms with Crippen molar-refractivity contribution in [3.8, 4) is 0 Å². The van der Waals surface area contributed by atoms with Gasteiger partial charge in [-0.1, -0.05) is 23.8 Å². The molecule has 0 radical (unpaired) electrons. The molecule has 126 valence electrons. The van der Waals surface area contributed by atoms with Crippen molar-refractivity contribution >= 4 is 29.0 Å². The van der Waals surface area contributed by atoms with Crippen LogP contribution in [0.5, 0.6) is 0 Å². The number of nitrogens with one attached hydrogen (secondary N) is 1. The van der Waals surface area contributed by atoms with E-state index in [1.165, 1.54) is 17.8 Å². The first-order valence-electron chi connectivity index (χ1n) is 7.54. The van der Waals surface area contributed by atoms with Crippen LogP contribution in [0.15, 0.2) is 35.2 Å². The molecule has 0 saturated heterocycles. The minimum Gasteiger partial charge on any atom is -0.319 e. The molecule has 1 N–H and O–H groups in total. The first kappa shape index (κ1) is 18.0. The fourth-order valence-electron chi connectivity index (χ4n) is 2.29. The number of anilines is 1. The van der Waals surface area contributed by atoms with Crippen LogP contribution in [0.4, 0.5) is 11.4 Å². The molecule has 2 aromatic rings. The summed E-state index contributed by atoms with van der Waals surface area (Å²) in [4.78, 5) is 24.0. The molecule has 1 amide bonds. The van der Waals surface area contributed by atoms with E-state index in [4.69, 9.17) is 0 Å². The van der Waals surface area contributed by atoms with E-state index < -0.39 is 4.92 Å². The van der Waals surface area contributed by atoms with Crippen LogP contribution in [0.25, 0.3) is 0 Å². The van der Waals surface area contributed by atoms with E-state index >= 15 is 0 Å². The van der Waals surface area contributed by atoms with Crippen LogP contribution in [0.1, 0.15) is 22.3 Å². The third-order valence-corrected chi connectivity index (χ3v) is 5.03. The normalized spacial score (nSPS) is 10.5. The summed E-state index contributed by atoms with van der Waals surface area (Å²) in [6.45, 7) is 7.63. The molecule has 0 aliphatic carbocycles. The number of hydrogen-bond acceptors (Lipinski definition) is 4. The third-order valence-electron chi connectivity index (χ3n) is 3.88. The minimum absolute atomic E-state index is 0.0804. The Balaban J connectivity index is 2.14. The average Bonchev–Trinajstić information content (AvgIpc) is 2.52. The Morgan fingerprint density at radius 2 is 1.79 bits per heavy atom. The second kappa shape index (κ2) is 7.49. The fourth-order valence-corrected chi connectivity index (χ4v) is 3.22. The van der Waals surface area contributed by atoms with Crippen LogP contribution < -0.4 is 5.32 Å². The van der Waals surface area contributed by atoms with E-state index in [2.05, 4.69) is 5.32 Å². The molecular formula is C18H20N2O3S. The van der Waals surface area contributed by atoms with Gasteiger partial charge in [-0.2, -0.15) is 0 Å². The van der Waals surface area contributed by atoms with Gasteiger partial charge in [0.25, 0.3) is 5.69 Å². The van der Waals surface area contributed by atoms with Crippen LogP contribution >= 0.6 is 11.8 Å². The Kier molecular flexibility index (Phi) is 5.62. The maximum absolute atomic E-state index is 12.3. The van der Waals surface area contributed by atoms with E-state index in [0.29, 0.717) is 5.56 Å². The van der Waals surface area contributed by atoms with Crippen molar-refractivity contribution in [1.82, 2.24) is 0 Å². The monoisotopic (exact) mass is 344 g/mol. The molecule has 0 unspecified atom stereocenters. The van der Waals surface area contributed by atoms with Gasteiger partial charge in [0, 0.05) is 11.0 Å². The first-order valence-corrected chi connectivity index (χ1v) is 8.52. The molecule has 0 spiro atoms. The molecule has 5 nitrogen and oxygen atoms in total. The highest BCUT2D eigenvalue weighted by atomic mass is 32.2. The zero-order valence-corrected chi connectivity index (χ0v) is 15.0. The predicted molar refractivity (Wildman–Crippen MR) is 97.8 cm³/mol. The van der Waals surface area contributed by atoms with Gasteiger partial charge in [0.2, 0.25) is 5.91 Å². The smallest absolute Gasteiger partial charge is 0.293 e. The number of rotatable bonds is 5. The molecule has 6 heteroatoms. The van der Waals surface area contributed by atoms with Crippen LogP contribution in [0.2, 0.25) is 0 Å². The number of carbonyl (C=O) groups excluding carboxylic acids is 1. The standard InChI is InChI=1S/C18H20N2O3S/c1-11-5-6-13(3)16(9-11)24-10-17(21)19-18-14(4)12(2)7-8-15(18)20(22)23/h5-9H,10H2,1-4H3,(H,19,21). The van der Waals surface area contributed by atoms with Crippen LogP contribution in [0.3, 0.4) is 0 Å². The van der Waals surface area contributed by atoms with Crippen LogP contribution in [-0.4, -0.2) is 16.6 Å². The van der Waals surface area contributed by atoms with Crippen molar-refractivity contribution in [3.63, 3.8) is 0 Å². The summed E-state index contributed by atoms with van der Waals surface area (Å²) in [5.74, 6) is -0.0489. The number of carbonyl (C=O) groups is 1. The molecule has 2 rings (SSSR count). The molecule has 2 aromatic carbocycles. The molecule has 0 aromatic heterocycles. The van der Waals surface area contributed by atoms with Gasteiger partial charge in [-0.25, -0.2) is 0 Å². The van der Waals surface area contributed by atoms with Gasteiger partial charge in [-0.3, -0.25) is 14.9 Å². The van der Waals surface area contributed by atoms with E-state index in [0.717, 1.165) is 21.6 Å². The summed E-state index contributed by atoms with van der Waals surface area (Å²) in [7, 11) is 0. The zero-order chi connectivity index (χ0) is 17.9. The van der Waals surface area contributed by atoms with Crippen molar-refractivity contribution in [3.05, 3.63) is 62.7 Å². The predicted octanol–water partition coefficient (Wildman–Crippen LogP) is 4.56. The van der Waals surface area contributed by atoms with Gasteiger partial charge < -0.3 is 5.32 Å². The van der Waals surface area contributed by atoms with Crippen molar-refractivity contribution < 1.29 is 9.72 Å². The highest BCUT2D eigenvalue weighted by molar-refractivity contribution is 8.00. The summed E-state index contributed by atoms with van der Waals surface area (Å²) in [6.07, 6.45) is 0. The Morgan fingerprint density at radius 3 is 2.46 bits per heavy atom. The lowest BCUT2D eigenvalue weighted by atomic mass is 10.1. The number of benzene rings is 2. The van der Waals surface area contributed by atoms with Gasteiger partial charge in [0.05, 0.1) is 10.7 Å². The van der Waals surface area contributed by atoms with E-state index in [-0.39, 0.29) is 23.0 Å². The van der Waals surface area contributed by atoms with Gasteiger partial charge in [0.1, 0.15) is 5.69 Å². The van der Waals surface area contributed by atoms with Gasteiger partial charge in [-0.15, -0.1) is 11.8 Å². The number of thioether (sulfide) groups is 1. The topological polar surface area (TPSA) is 72.2 Å². The first-order chi connectivity index (χ1) is 11.3. The summed E-state index contributed by atoms with van der Waals surface area (Å²) in [5, 5.41) is 13.9. The molecule has 0 aliphatic rings. The summed E-state index contributed by atoms with van der Waals surface area (Å²) < 4.78 is 0. The van der Waals surface area contributed by atoms with Crippen molar-refractivity contribution in [2.45, 2.75) is 32.6 Å². The number of nitro groups is 1. The molecule has 0 bridgehead atoms. The summed E-state index contributed by atoms with van der Waals surface area (Å²) >= 11 is 1.43. The number of hydrogen-bond donors (Lipinski definition) is 1. The molecule has 0 aliphatic heterocycles. The second-order valence-electron chi connectivity index (χ2n) is 5.76. The number of aryl methyl sites for hydroxylation is 3. The Morgan fingerprint density at radius 1 is 1.12 bits per heavy atom. The average molecular weight is 344 g/mol. The third kappa shape index (κ3) is 4.14. The van der Waals surface area contributed by atoms with Crippen molar-refractivity contribution in [1.29, 1.82) is 0 Å². The quantitative estimate of drug-likeness (QED) is 0.490. The van der Waals surface area contributed by atoms with E-state index in [9.17, 15) is 14.9 Å². The van der Waals surface area contributed by atoms with Gasteiger partial charge >= 0.3 is 0 Å². The zero-order valence-electron chi connectivity index (χ0n) is 14.2. The lowest BCUT2D eigenvalue weighted by Gasteiger charge is -2.11. The number of nitro benzene ring substituents is 1. The number of amides is 1. The molecule has 0 heterocycles. The Labute approximate surface area is 145 Å².